The van der Waals surface area contributed by atoms with Gasteiger partial charge in [0.15, 0.2) is 0 Å². The molecular weight excluding hydrogens is 353 g/mol. The first-order valence-corrected chi connectivity index (χ1v) is 9.43. The number of hydrogen-bond acceptors (Lipinski definition) is 3. The van der Waals surface area contributed by atoms with Crippen molar-refractivity contribution in [3.63, 3.8) is 0 Å². The number of rotatable bonds is 4. The van der Waals surface area contributed by atoms with E-state index in [1.54, 1.807) is 18.2 Å². The second-order valence-electron chi connectivity index (χ2n) is 7.02. The molecule has 1 aromatic heterocycles. The van der Waals surface area contributed by atoms with E-state index in [1.807, 2.05) is 31.3 Å². The molecule has 0 saturated carbocycles. The molecule has 1 amide bonds. The number of nitrogens with one attached hydrogen (secondary N) is 2. The summed E-state index contributed by atoms with van der Waals surface area (Å²) in [7, 11) is 0. The van der Waals surface area contributed by atoms with Gasteiger partial charge >= 0.3 is 0 Å². The monoisotopic (exact) mass is 375 g/mol. The van der Waals surface area contributed by atoms with Crippen LogP contribution in [0.25, 0.3) is 11.1 Å². The van der Waals surface area contributed by atoms with Crippen molar-refractivity contribution in [2.24, 2.45) is 0 Å². The zero-order valence-electron chi connectivity index (χ0n) is 15.8. The van der Waals surface area contributed by atoms with Crippen molar-refractivity contribution in [2.75, 3.05) is 6.54 Å². The van der Waals surface area contributed by atoms with Gasteiger partial charge in [0.2, 0.25) is 0 Å². The third kappa shape index (κ3) is 3.80. The molecule has 0 unspecified atom stereocenters. The molecule has 1 aliphatic heterocycles. The van der Waals surface area contributed by atoms with Gasteiger partial charge in [-0.1, -0.05) is 24.3 Å². The van der Waals surface area contributed by atoms with Gasteiger partial charge in [0.25, 0.3) is 5.91 Å². The smallest absolute Gasteiger partial charge is 0.251 e. The van der Waals surface area contributed by atoms with Crippen LogP contribution in [0.15, 0.2) is 54.7 Å². The summed E-state index contributed by atoms with van der Waals surface area (Å²) in [5.41, 5.74) is 6.92. The molecule has 0 atom stereocenters. The fraction of sp³-hybridized carbons (Fsp3) is 0.217. The van der Waals surface area contributed by atoms with Gasteiger partial charge in [-0.3, -0.25) is 9.78 Å². The first-order chi connectivity index (χ1) is 13.6. The molecule has 28 heavy (non-hydrogen) atoms. The van der Waals surface area contributed by atoms with Crippen molar-refractivity contribution in [1.29, 1.82) is 0 Å². The molecule has 0 aliphatic carbocycles. The van der Waals surface area contributed by atoms with Gasteiger partial charge in [0, 0.05) is 30.5 Å². The highest BCUT2D eigenvalue weighted by Gasteiger charge is 2.16. The summed E-state index contributed by atoms with van der Waals surface area (Å²) < 4.78 is 13.2. The van der Waals surface area contributed by atoms with Crippen molar-refractivity contribution in [3.05, 3.63) is 88.5 Å². The predicted molar refractivity (Wildman–Crippen MR) is 107 cm³/mol. The highest BCUT2D eigenvalue weighted by atomic mass is 19.1. The van der Waals surface area contributed by atoms with E-state index in [-0.39, 0.29) is 11.7 Å². The summed E-state index contributed by atoms with van der Waals surface area (Å²) in [6.07, 6.45) is 2.87. The minimum Gasteiger partial charge on any atom is -0.348 e. The molecule has 142 valence electrons. The van der Waals surface area contributed by atoms with Crippen LogP contribution in [0.5, 0.6) is 0 Å². The van der Waals surface area contributed by atoms with Gasteiger partial charge in [-0.25, -0.2) is 4.39 Å². The summed E-state index contributed by atoms with van der Waals surface area (Å²) in [4.78, 5) is 17.2. The van der Waals surface area contributed by atoms with Gasteiger partial charge in [-0.2, -0.15) is 0 Å². The Morgan fingerprint density at radius 3 is 2.82 bits per heavy atom. The van der Waals surface area contributed by atoms with Gasteiger partial charge in [0.1, 0.15) is 5.82 Å². The summed E-state index contributed by atoms with van der Waals surface area (Å²) in [6.45, 7) is 4.21. The molecule has 0 saturated heterocycles. The molecule has 0 spiro atoms. The maximum absolute atomic E-state index is 13.2. The first kappa shape index (κ1) is 18.3. The Kier molecular flexibility index (Phi) is 5.17. The molecule has 0 fully saturated rings. The van der Waals surface area contributed by atoms with Crippen molar-refractivity contribution < 1.29 is 9.18 Å². The summed E-state index contributed by atoms with van der Waals surface area (Å²) in [5.74, 6) is -0.405. The third-order valence-corrected chi connectivity index (χ3v) is 5.20. The highest BCUT2D eigenvalue weighted by molar-refractivity contribution is 5.95. The van der Waals surface area contributed by atoms with Crippen LogP contribution in [0.3, 0.4) is 0 Å². The number of aromatic nitrogens is 1. The normalized spacial score (nSPS) is 13.1. The largest absolute Gasteiger partial charge is 0.348 e. The number of nitrogens with zero attached hydrogens (tertiary/aromatic N) is 1. The molecule has 1 aliphatic rings. The molecule has 2 aromatic carbocycles. The van der Waals surface area contributed by atoms with E-state index in [0.717, 1.165) is 41.9 Å². The van der Waals surface area contributed by atoms with Crippen LogP contribution >= 0.6 is 0 Å². The van der Waals surface area contributed by atoms with Crippen LogP contribution in [0.1, 0.15) is 32.7 Å². The predicted octanol–water partition coefficient (Wildman–Crippen LogP) is 3.77. The second kappa shape index (κ2) is 7.90. The quantitative estimate of drug-likeness (QED) is 0.730. The minimum atomic E-state index is -0.275. The molecule has 4 rings (SSSR count). The molecule has 2 heterocycles. The lowest BCUT2D eigenvalue weighted by Gasteiger charge is -2.21. The number of pyridine rings is 1. The molecule has 0 bridgehead atoms. The van der Waals surface area contributed by atoms with Crippen LogP contribution in [0, 0.1) is 12.7 Å². The van der Waals surface area contributed by atoms with Crippen molar-refractivity contribution in [2.45, 2.75) is 26.4 Å². The highest BCUT2D eigenvalue weighted by Crippen LogP contribution is 2.22. The Morgan fingerprint density at radius 1 is 1.18 bits per heavy atom. The van der Waals surface area contributed by atoms with Gasteiger partial charge in [-0.15, -0.1) is 0 Å². The van der Waals surface area contributed by atoms with E-state index in [2.05, 4.69) is 15.6 Å². The maximum atomic E-state index is 13.2. The zero-order chi connectivity index (χ0) is 19.5. The van der Waals surface area contributed by atoms with E-state index in [1.165, 1.54) is 23.3 Å². The molecule has 3 aromatic rings. The average Bonchev–Trinajstić information content (AvgIpc) is 2.73. The van der Waals surface area contributed by atoms with Crippen molar-refractivity contribution in [1.82, 2.24) is 15.6 Å². The van der Waals surface area contributed by atoms with E-state index < -0.39 is 0 Å². The van der Waals surface area contributed by atoms with Crippen molar-refractivity contribution in [3.8, 4) is 11.1 Å². The van der Waals surface area contributed by atoms with Gasteiger partial charge in [0.05, 0.1) is 0 Å². The van der Waals surface area contributed by atoms with Crippen LogP contribution in [0.4, 0.5) is 4.39 Å². The van der Waals surface area contributed by atoms with E-state index in [4.69, 9.17) is 0 Å². The van der Waals surface area contributed by atoms with Crippen LogP contribution in [-0.2, 0) is 19.5 Å². The topological polar surface area (TPSA) is 54.0 Å². The number of carbonyl (C=O) groups excluding carboxylic acids is 1. The van der Waals surface area contributed by atoms with Gasteiger partial charge < -0.3 is 10.6 Å². The molecule has 4 nitrogen and oxygen atoms in total. The number of benzene rings is 2. The molecule has 0 radical (unpaired) electrons. The summed E-state index contributed by atoms with van der Waals surface area (Å²) in [6, 6.07) is 13.7. The number of fused-ring (bicyclic) bond motifs is 1. The molecule has 5 heteroatoms. The van der Waals surface area contributed by atoms with Crippen molar-refractivity contribution >= 4 is 5.91 Å². The molecular formula is C23H22FN3O. The number of aryl methyl sites for hydroxylation is 1. The summed E-state index contributed by atoms with van der Waals surface area (Å²) in [5, 5.41) is 6.39. The van der Waals surface area contributed by atoms with Gasteiger partial charge in [-0.05, 0) is 72.0 Å². The van der Waals surface area contributed by atoms with E-state index in [9.17, 15) is 9.18 Å². The van der Waals surface area contributed by atoms with Crippen LogP contribution in [-0.4, -0.2) is 17.4 Å². The zero-order valence-corrected chi connectivity index (χ0v) is 15.8. The number of halogens is 1. The fourth-order valence-electron chi connectivity index (χ4n) is 3.63. The summed E-state index contributed by atoms with van der Waals surface area (Å²) >= 11 is 0. The van der Waals surface area contributed by atoms with Crippen LogP contribution in [0.2, 0.25) is 0 Å². The van der Waals surface area contributed by atoms with E-state index in [0.29, 0.717) is 12.1 Å². The Balaban J connectivity index is 1.52. The molecule has 2 N–H and O–H groups in total. The second-order valence-corrected chi connectivity index (χ2v) is 7.02. The minimum absolute atomic E-state index is 0.130. The first-order valence-electron chi connectivity index (χ1n) is 9.43. The van der Waals surface area contributed by atoms with E-state index >= 15 is 0 Å². The third-order valence-electron chi connectivity index (χ3n) is 5.20. The Hall–Kier alpha value is -3.05. The maximum Gasteiger partial charge on any atom is 0.251 e. The lowest BCUT2D eigenvalue weighted by molar-refractivity contribution is 0.0951. The Bertz CT molecular complexity index is 1010. The number of carbonyl (C=O) groups is 1. The Morgan fingerprint density at radius 2 is 2.00 bits per heavy atom. The fourth-order valence-corrected chi connectivity index (χ4v) is 3.63. The Labute approximate surface area is 163 Å². The lowest BCUT2D eigenvalue weighted by atomic mass is 9.96. The lowest BCUT2D eigenvalue weighted by Crippen LogP contribution is -2.28. The average molecular weight is 375 g/mol. The number of amides is 1. The SMILES string of the molecule is Cc1ncc2c(c1CNC(=O)c1cccc(-c3ccc(F)cc3)c1)CCNC2. The standard InChI is InChI=1S/C23H22FN3O/c1-15-22(21-9-10-25-12-19(21)13-26-15)14-27-23(28)18-4-2-3-17(11-18)16-5-7-20(24)8-6-16/h2-8,11,13,25H,9-10,12,14H2,1H3,(H,27,28). The number of hydrogen-bond donors (Lipinski definition) is 2. The van der Waals surface area contributed by atoms with Crippen LogP contribution < -0.4 is 10.6 Å².